The Morgan fingerprint density at radius 1 is 0.731 bits per heavy atom. The van der Waals surface area contributed by atoms with Crippen molar-refractivity contribution >= 4 is 27.6 Å². The molecule has 0 aliphatic carbocycles. The third kappa shape index (κ3) is 9.43. The largest absolute Gasteiger partial charge is 0.351 e. The predicted molar refractivity (Wildman–Crippen MR) is 212 cm³/mol. The van der Waals surface area contributed by atoms with Crippen molar-refractivity contribution in [3.8, 4) is 22.3 Å². The van der Waals surface area contributed by atoms with E-state index < -0.39 is 27.2 Å². The van der Waals surface area contributed by atoms with Crippen molar-refractivity contribution in [1.82, 2.24) is 5.32 Å². The number of hydrogen-bond donors (Lipinski definition) is 3. The molecule has 5 aromatic rings. The third-order valence-electron chi connectivity index (χ3n) is 9.55. The molecule has 2 amide bonds. The molecule has 5 aromatic carbocycles. The van der Waals surface area contributed by atoms with Gasteiger partial charge in [0.1, 0.15) is 5.25 Å². The second-order valence-electron chi connectivity index (χ2n) is 14.8. The van der Waals surface area contributed by atoms with E-state index in [9.17, 15) is 22.6 Å². The molecule has 270 valence electrons. The van der Waals surface area contributed by atoms with Crippen molar-refractivity contribution in [2.45, 2.75) is 71.5 Å². The molecule has 7 nitrogen and oxygen atoms in total. The van der Waals surface area contributed by atoms with E-state index in [0.29, 0.717) is 17.7 Å². The molecule has 2 atom stereocenters. The molecule has 0 aliphatic rings. The molecule has 3 N–H and O–H groups in total. The lowest BCUT2D eigenvalue weighted by Crippen LogP contribution is -2.34. The van der Waals surface area contributed by atoms with Gasteiger partial charge in [0.05, 0.1) is 5.92 Å². The van der Waals surface area contributed by atoms with E-state index in [1.807, 2.05) is 48.5 Å². The number of carbonyl (C=O) groups is 2. The number of amides is 2. The maximum absolute atomic E-state index is 14.1. The number of anilines is 1. The van der Waals surface area contributed by atoms with E-state index >= 15 is 0 Å². The van der Waals surface area contributed by atoms with Crippen molar-refractivity contribution in [2.75, 3.05) is 11.9 Å². The molecular formula is C44H48N2O5S. The maximum Gasteiger partial charge on any atom is 0.269 e. The lowest BCUT2D eigenvalue weighted by Gasteiger charge is -2.20. The summed E-state index contributed by atoms with van der Waals surface area (Å²) in [5, 5.41) is 4.56. The number of aryl methyl sites for hydroxylation is 3. The van der Waals surface area contributed by atoms with E-state index in [4.69, 9.17) is 0 Å². The molecular weight excluding hydrogens is 669 g/mol. The fourth-order valence-electron chi connectivity index (χ4n) is 6.49. The van der Waals surface area contributed by atoms with Gasteiger partial charge in [-0.1, -0.05) is 111 Å². The van der Waals surface area contributed by atoms with E-state index in [-0.39, 0.29) is 17.9 Å². The molecule has 8 heteroatoms. The highest BCUT2D eigenvalue weighted by Gasteiger charge is 2.23. The molecule has 0 fully saturated rings. The zero-order chi connectivity index (χ0) is 37.8. The third-order valence-corrected chi connectivity index (χ3v) is 10.7. The second kappa shape index (κ2) is 15.7. The fraction of sp³-hybridized carbons (Fsp3) is 0.273. The average Bonchev–Trinajstić information content (AvgIpc) is 3.09. The summed E-state index contributed by atoms with van der Waals surface area (Å²) < 4.78 is 31.9. The van der Waals surface area contributed by atoms with Crippen LogP contribution in [0.2, 0.25) is 0 Å². The van der Waals surface area contributed by atoms with Crippen LogP contribution in [0.5, 0.6) is 0 Å². The summed E-state index contributed by atoms with van der Waals surface area (Å²) >= 11 is 0. The molecule has 52 heavy (non-hydrogen) atoms. The van der Waals surface area contributed by atoms with Gasteiger partial charge in [0.2, 0.25) is 5.91 Å². The van der Waals surface area contributed by atoms with Crippen molar-refractivity contribution in [1.29, 1.82) is 0 Å². The van der Waals surface area contributed by atoms with E-state index in [0.717, 1.165) is 27.8 Å². The Kier molecular flexibility index (Phi) is 11.5. The smallest absolute Gasteiger partial charge is 0.269 e. The van der Waals surface area contributed by atoms with Crippen LogP contribution in [0.3, 0.4) is 0 Å². The van der Waals surface area contributed by atoms with Gasteiger partial charge in [-0.05, 0) is 114 Å². The molecule has 5 rings (SSSR count). The summed E-state index contributed by atoms with van der Waals surface area (Å²) in [5.41, 5.74) is 12.1. The van der Waals surface area contributed by atoms with Gasteiger partial charge >= 0.3 is 0 Å². The maximum atomic E-state index is 14.1. The van der Waals surface area contributed by atoms with Crippen LogP contribution in [0.1, 0.15) is 77.4 Å². The topological polar surface area (TPSA) is 113 Å². The minimum Gasteiger partial charge on any atom is -0.351 e. The Hall–Kier alpha value is -5.05. The van der Waals surface area contributed by atoms with Crippen LogP contribution in [-0.2, 0) is 26.7 Å². The molecule has 0 radical (unpaired) electrons. The molecule has 2 unspecified atom stereocenters. The predicted octanol–water partition coefficient (Wildman–Crippen LogP) is 9.21. The fourth-order valence-corrected chi connectivity index (χ4v) is 6.78. The highest BCUT2D eigenvalue weighted by Crippen LogP contribution is 2.32. The Balaban J connectivity index is 1.38. The normalized spacial score (nSPS) is 12.9. The Morgan fingerprint density at radius 3 is 1.77 bits per heavy atom. The SMILES string of the molecule is Cc1cc(C)c(-c2ccc(NC(=O)C(Cc3ccc(C(=O)NCC(C)S(=O)(=O)O)cc3)c3ccc(-c4ccc(C(C)(C)C)cc4)cc3)cc2)c(C)c1. The van der Waals surface area contributed by atoms with Crippen LogP contribution < -0.4 is 10.6 Å². The van der Waals surface area contributed by atoms with E-state index in [1.54, 1.807) is 24.3 Å². The van der Waals surface area contributed by atoms with Crippen LogP contribution >= 0.6 is 0 Å². The quantitative estimate of drug-likeness (QED) is 0.118. The summed E-state index contributed by atoms with van der Waals surface area (Å²) in [6.45, 7) is 14.0. The van der Waals surface area contributed by atoms with E-state index in [1.165, 1.54) is 34.7 Å². The summed E-state index contributed by atoms with van der Waals surface area (Å²) in [5.74, 6) is -1.14. The van der Waals surface area contributed by atoms with Crippen LogP contribution in [-0.4, -0.2) is 36.6 Å². The minimum atomic E-state index is -4.26. The van der Waals surface area contributed by atoms with Gasteiger partial charge in [-0.25, -0.2) is 0 Å². The van der Waals surface area contributed by atoms with Crippen molar-refractivity contribution in [2.24, 2.45) is 0 Å². The first-order valence-corrected chi connectivity index (χ1v) is 19.0. The van der Waals surface area contributed by atoms with Crippen LogP contribution in [0.4, 0.5) is 5.69 Å². The highest BCUT2D eigenvalue weighted by molar-refractivity contribution is 7.86. The monoisotopic (exact) mass is 716 g/mol. The molecule has 0 aliphatic heterocycles. The Morgan fingerprint density at radius 2 is 1.25 bits per heavy atom. The van der Waals surface area contributed by atoms with Gasteiger partial charge in [0.15, 0.2) is 0 Å². The van der Waals surface area contributed by atoms with Crippen molar-refractivity contribution in [3.63, 3.8) is 0 Å². The lowest BCUT2D eigenvalue weighted by molar-refractivity contribution is -0.117. The first-order valence-electron chi connectivity index (χ1n) is 17.5. The Bertz CT molecular complexity index is 2130. The number of rotatable bonds is 11. The first kappa shape index (κ1) is 38.2. The molecule has 0 saturated heterocycles. The van der Waals surface area contributed by atoms with Gasteiger partial charge in [0.25, 0.3) is 16.0 Å². The lowest BCUT2D eigenvalue weighted by atomic mass is 9.86. The van der Waals surface area contributed by atoms with Crippen molar-refractivity contribution in [3.05, 3.63) is 148 Å². The average molecular weight is 717 g/mol. The summed E-state index contributed by atoms with van der Waals surface area (Å²) in [4.78, 5) is 26.7. The second-order valence-corrected chi connectivity index (χ2v) is 16.6. The van der Waals surface area contributed by atoms with Gasteiger partial charge in [-0.2, -0.15) is 8.42 Å². The standard InChI is InChI=1S/C44H48N2O5S/c1-28-24-29(2)41(30(3)25-28)36-18-22-39(23-19-36)46-43(48)40(26-32-8-10-37(11-9-32)42(47)45-27-31(4)52(49,50)51)35-14-12-33(13-15-35)34-16-20-38(21-17-34)44(5,6)7/h8-25,31,40H,26-27H2,1-7H3,(H,45,47)(H,46,48)(H,49,50,51). The van der Waals surface area contributed by atoms with E-state index in [2.05, 4.69) is 88.6 Å². The summed E-state index contributed by atoms with van der Waals surface area (Å²) in [7, 11) is -4.26. The number of hydrogen-bond acceptors (Lipinski definition) is 4. The number of benzene rings is 5. The van der Waals surface area contributed by atoms with Gasteiger partial charge in [-0.3, -0.25) is 14.1 Å². The zero-order valence-electron chi connectivity index (χ0n) is 30.9. The number of nitrogens with one attached hydrogen (secondary N) is 2. The minimum absolute atomic E-state index is 0.0610. The molecule has 0 saturated carbocycles. The molecule has 0 heterocycles. The Labute approximate surface area is 308 Å². The first-order chi connectivity index (χ1) is 24.5. The zero-order valence-corrected chi connectivity index (χ0v) is 31.8. The molecule has 0 bridgehead atoms. The molecule has 0 spiro atoms. The van der Waals surface area contributed by atoms with Gasteiger partial charge < -0.3 is 10.6 Å². The van der Waals surface area contributed by atoms with Crippen LogP contribution in [0.25, 0.3) is 22.3 Å². The highest BCUT2D eigenvalue weighted by atomic mass is 32.2. The van der Waals surface area contributed by atoms with Crippen LogP contribution in [0, 0.1) is 20.8 Å². The summed E-state index contributed by atoms with van der Waals surface area (Å²) in [6, 6.07) is 35.9. The van der Waals surface area contributed by atoms with Crippen LogP contribution in [0.15, 0.2) is 109 Å². The number of carbonyl (C=O) groups excluding carboxylic acids is 2. The van der Waals surface area contributed by atoms with Gasteiger partial charge in [-0.15, -0.1) is 0 Å². The van der Waals surface area contributed by atoms with Crippen molar-refractivity contribution < 1.29 is 22.6 Å². The van der Waals surface area contributed by atoms with Gasteiger partial charge in [0, 0.05) is 17.8 Å². The summed E-state index contributed by atoms with van der Waals surface area (Å²) in [6.07, 6.45) is 0.382. The molecule has 0 aromatic heterocycles.